The minimum atomic E-state index is -0.301. The number of anilines is 1. The van der Waals surface area contributed by atoms with Crippen molar-refractivity contribution in [2.45, 2.75) is 38.3 Å². The molecule has 5 heteroatoms. The van der Waals surface area contributed by atoms with Crippen LogP contribution >= 0.6 is 11.6 Å². The first kappa shape index (κ1) is 18.5. The minimum absolute atomic E-state index is 0.0207. The van der Waals surface area contributed by atoms with Gasteiger partial charge in [-0.25, -0.2) is 4.39 Å². The Kier molecular flexibility index (Phi) is 4.52. The molecule has 3 nitrogen and oxygen atoms in total. The maximum absolute atomic E-state index is 13.0. The average Bonchev–Trinajstić information content (AvgIpc) is 2.54. The van der Waals surface area contributed by atoms with Gasteiger partial charge in [0.25, 0.3) is 0 Å². The number of halogens is 2. The molecule has 3 saturated carbocycles. The van der Waals surface area contributed by atoms with Crippen LogP contribution in [0.3, 0.4) is 0 Å². The summed E-state index contributed by atoms with van der Waals surface area (Å²) >= 11 is 6.09. The number of hydrogen-bond acceptors (Lipinski definition) is 2. The number of hydrogen-bond donors (Lipinski definition) is 1. The molecule has 1 amide bonds. The van der Waals surface area contributed by atoms with Crippen LogP contribution in [0.25, 0.3) is 0 Å². The van der Waals surface area contributed by atoms with E-state index in [0.29, 0.717) is 5.69 Å². The normalized spacial score (nSPS) is 26.9. The molecule has 2 bridgehead atoms. The van der Waals surface area contributed by atoms with Gasteiger partial charge in [0.15, 0.2) is 0 Å². The van der Waals surface area contributed by atoms with Crippen LogP contribution in [0.1, 0.15) is 31.7 Å². The predicted molar refractivity (Wildman–Crippen MR) is 106 cm³/mol. The standard InChI is InChI=1S/C22H24ClFN2O/c1-15(20(27)25-19-8-6-18(24)7-9-19)21-12-22(13-21,14-21)26(2)11-16-4-3-5-17(23)10-16/h3-10,15H,11-14H2,1-2H3,(H,25,27). The first-order valence-electron chi connectivity index (χ1n) is 9.34. The molecule has 1 unspecified atom stereocenters. The second-order valence-corrected chi connectivity index (χ2v) is 8.76. The lowest BCUT2D eigenvalue weighted by Gasteiger charge is -2.75. The molecule has 2 aromatic carbocycles. The quantitative estimate of drug-likeness (QED) is 0.748. The molecule has 0 heterocycles. The summed E-state index contributed by atoms with van der Waals surface area (Å²) < 4.78 is 13.0. The molecule has 0 aromatic heterocycles. The molecule has 142 valence electrons. The van der Waals surface area contributed by atoms with E-state index in [4.69, 9.17) is 11.6 Å². The highest BCUT2D eigenvalue weighted by Gasteiger charge is 2.71. The van der Waals surface area contributed by atoms with E-state index in [9.17, 15) is 9.18 Å². The topological polar surface area (TPSA) is 32.3 Å². The van der Waals surface area contributed by atoms with Gasteiger partial charge in [0.1, 0.15) is 5.82 Å². The highest BCUT2D eigenvalue weighted by molar-refractivity contribution is 6.30. The second-order valence-electron chi connectivity index (χ2n) is 8.32. The van der Waals surface area contributed by atoms with E-state index in [0.717, 1.165) is 30.8 Å². The van der Waals surface area contributed by atoms with Crippen LogP contribution in [0.5, 0.6) is 0 Å². The Labute approximate surface area is 164 Å². The van der Waals surface area contributed by atoms with E-state index < -0.39 is 0 Å². The molecule has 0 spiro atoms. The molecule has 3 aliphatic carbocycles. The summed E-state index contributed by atoms with van der Waals surface area (Å²) in [6.45, 7) is 2.88. The molecule has 3 aliphatic rings. The number of amides is 1. The van der Waals surface area contributed by atoms with Gasteiger partial charge in [-0.3, -0.25) is 9.69 Å². The van der Waals surface area contributed by atoms with Gasteiger partial charge in [-0.15, -0.1) is 0 Å². The molecule has 2 aromatic rings. The molecule has 0 saturated heterocycles. The minimum Gasteiger partial charge on any atom is -0.326 e. The highest BCUT2D eigenvalue weighted by atomic mass is 35.5. The summed E-state index contributed by atoms with van der Waals surface area (Å²) in [5, 5.41) is 3.69. The van der Waals surface area contributed by atoms with E-state index in [-0.39, 0.29) is 28.6 Å². The van der Waals surface area contributed by atoms with Crippen molar-refractivity contribution in [2.75, 3.05) is 12.4 Å². The van der Waals surface area contributed by atoms with Gasteiger partial charge in [0.05, 0.1) is 0 Å². The van der Waals surface area contributed by atoms with Gasteiger partial charge in [-0.1, -0.05) is 30.7 Å². The zero-order valence-corrected chi connectivity index (χ0v) is 16.4. The van der Waals surface area contributed by atoms with E-state index >= 15 is 0 Å². The second kappa shape index (κ2) is 6.61. The Morgan fingerprint density at radius 1 is 1.22 bits per heavy atom. The molecule has 0 aliphatic heterocycles. The first-order valence-corrected chi connectivity index (χ1v) is 9.72. The smallest absolute Gasteiger partial charge is 0.227 e. The Balaban J connectivity index is 1.34. The fourth-order valence-corrected chi connectivity index (χ4v) is 5.03. The van der Waals surface area contributed by atoms with Crippen molar-refractivity contribution in [3.05, 3.63) is 64.9 Å². The maximum Gasteiger partial charge on any atom is 0.227 e. The first-order chi connectivity index (χ1) is 12.8. The lowest BCUT2D eigenvalue weighted by atomic mass is 9.35. The number of nitrogens with one attached hydrogen (secondary N) is 1. The number of benzene rings is 2. The fourth-order valence-electron chi connectivity index (χ4n) is 4.81. The van der Waals surface area contributed by atoms with Crippen LogP contribution < -0.4 is 5.32 Å². The van der Waals surface area contributed by atoms with Gasteiger partial charge in [-0.2, -0.15) is 0 Å². The van der Waals surface area contributed by atoms with Crippen LogP contribution in [-0.2, 0) is 11.3 Å². The molecule has 3 fully saturated rings. The maximum atomic E-state index is 13.0. The third-order valence-corrected chi connectivity index (χ3v) is 6.82. The number of carbonyl (C=O) groups is 1. The van der Waals surface area contributed by atoms with Gasteiger partial charge in [-0.05, 0) is 73.7 Å². The zero-order valence-electron chi connectivity index (χ0n) is 15.6. The molecule has 0 radical (unpaired) electrons. The Hall–Kier alpha value is -1.91. The Bertz CT molecular complexity index is 847. The van der Waals surface area contributed by atoms with Gasteiger partial charge in [0.2, 0.25) is 5.91 Å². The molecule has 1 atom stereocenters. The largest absolute Gasteiger partial charge is 0.326 e. The SMILES string of the molecule is CC(C(=O)Nc1ccc(F)cc1)C12CC(N(C)Cc3cccc(Cl)c3)(C1)C2. The summed E-state index contributed by atoms with van der Waals surface area (Å²) in [6.07, 6.45) is 3.15. The molecular weight excluding hydrogens is 363 g/mol. The predicted octanol–water partition coefficient (Wildman–Crippen LogP) is 5.11. The highest BCUT2D eigenvalue weighted by Crippen LogP contribution is 2.72. The van der Waals surface area contributed by atoms with Crippen molar-refractivity contribution in [1.29, 1.82) is 0 Å². The van der Waals surface area contributed by atoms with Crippen molar-refractivity contribution in [2.24, 2.45) is 11.3 Å². The average molecular weight is 387 g/mol. The van der Waals surface area contributed by atoms with Crippen molar-refractivity contribution < 1.29 is 9.18 Å². The zero-order chi connectivity index (χ0) is 19.2. The van der Waals surface area contributed by atoms with E-state index in [1.54, 1.807) is 12.1 Å². The summed E-state index contributed by atoms with van der Waals surface area (Å²) in [4.78, 5) is 15.0. The van der Waals surface area contributed by atoms with Crippen LogP contribution in [0.4, 0.5) is 10.1 Å². The number of rotatable bonds is 6. The number of nitrogens with zero attached hydrogens (tertiary/aromatic N) is 1. The molecule has 5 rings (SSSR count). The monoisotopic (exact) mass is 386 g/mol. The van der Waals surface area contributed by atoms with Crippen LogP contribution in [0.2, 0.25) is 5.02 Å². The summed E-state index contributed by atoms with van der Waals surface area (Å²) in [7, 11) is 2.16. The molecule has 1 N–H and O–H groups in total. The van der Waals surface area contributed by atoms with E-state index in [1.165, 1.54) is 17.7 Å². The fraction of sp³-hybridized carbons (Fsp3) is 0.409. The lowest BCUT2D eigenvalue weighted by Crippen LogP contribution is -2.76. The van der Waals surface area contributed by atoms with Crippen molar-refractivity contribution in [3.8, 4) is 0 Å². The summed E-state index contributed by atoms with van der Waals surface area (Å²) in [5.41, 5.74) is 2.18. The third-order valence-electron chi connectivity index (χ3n) is 6.59. The van der Waals surface area contributed by atoms with Gasteiger partial charge < -0.3 is 5.32 Å². The summed E-state index contributed by atoms with van der Waals surface area (Å²) in [5.74, 6) is -0.332. The Morgan fingerprint density at radius 2 is 1.89 bits per heavy atom. The third kappa shape index (κ3) is 3.26. The van der Waals surface area contributed by atoms with Crippen molar-refractivity contribution in [1.82, 2.24) is 4.90 Å². The number of carbonyl (C=O) groups excluding carboxylic acids is 1. The van der Waals surface area contributed by atoms with Crippen LogP contribution in [0.15, 0.2) is 48.5 Å². The van der Waals surface area contributed by atoms with Crippen LogP contribution in [-0.4, -0.2) is 23.4 Å². The van der Waals surface area contributed by atoms with Gasteiger partial charge in [0, 0.05) is 28.7 Å². The molecule has 27 heavy (non-hydrogen) atoms. The van der Waals surface area contributed by atoms with E-state index in [2.05, 4.69) is 23.3 Å². The van der Waals surface area contributed by atoms with Crippen LogP contribution in [0, 0.1) is 17.2 Å². The lowest BCUT2D eigenvalue weighted by molar-refractivity contribution is -0.237. The van der Waals surface area contributed by atoms with Crippen molar-refractivity contribution >= 4 is 23.2 Å². The van der Waals surface area contributed by atoms with Crippen molar-refractivity contribution in [3.63, 3.8) is 0 Å². The molecular formula is C22H24ClFN2O. The Morgan fingerprint density at radius 3 is 2.52 bits per heavy atom. The van der Waals surface area contributed by atoms with Gasteiger partial charge >= 0.3 is 0 Å². The summed E-state index contributed by atoms with van der Waals surface area (Å²) in [6, 6.07) is 13.9. The van der Waals surface area contributed by atoms with E-state index in [1.807, 2.05) is 25.1 Å².